The van der Waals surface area contributed by atoms with Gasteiger partial charge < -0.3 is 15.2 Å². The largest absolute Gasteiger partial charge is 0.504 e. The third-order valence-electron chi connectivity index (χ3n) is 4.46. The number of hydrogen-bond donors (Lipinski definition) is 3. The average molecular weight is 430 g/mol. The van der Waals surface area contributed by atoms with E-state index >= 15 is 0 Å². The van der Waals surface area contributed by atoms with Gasteiger partial charge in [0.05, 0.1) is 18.6 Å². The van der Waals surface area contributed by atoms with Crippen molar-refractivity contribution in [1.82, 2.24) is 10.4 Å². The van der Waals surface area contributed by atoms with Crippen LogP contribution < -0.4 is 15.5 Å². The van der Waals surface area contributed by atoms with Crippen LogP contribution in [0.1, 0.15) is 10.9 Å². The molecule has 0 spiro atoms. The molecule has 3 N–H and O–H groups in total. The van der Waals surface area contributed by atoms with Gasteiger partial charge in [-0.2, -0.15) is 0 Å². The van der Waals surface area contributed by atoms with Crippen LogP contribution in [0.3, 0.4) is 0 Å². The highest BCUT2D eigenvalue weighted by molar-refractivity contribution is 8.03. The zero-order valence-electron chi connectivity index (χ0n) is 15.5. The summed E-state index contributed by atoms with van der Waals surface area (Å²) < 4.78 is 5.18. The van der Waals surface area contributed by atoms with Crippen LogP contribution in [0.25, 0.3) is 0 Å². The van der Waals surface area contributed by atoms with Crippen molar-refractivity contribution in [3.63, 3.8) is 0 Å². The topological polar surface area (TPSA) is 90.9 Å². The second-order valence-electron chi connectivity index (χ2n) is 6.39. The zero-order chi connectivity index (χ0) is 20.4. The molecule has 1 fully saturated rings. The van der Waals surface area contributed by atoms with Gasteiger partial charge in [0.15, 0.2) is 11.5 Å². The van der Waals surface area contributed by atoms with Crippen LogP contribution in [0.2, 0.25) is 0 Å². The lowest BCUT2D eigenvalue weighted by Crippen LogP contribution is -2.41. The summed E-state index contributed by atoms with van der Waals surface area (Å²) in [5.74, 6) is 0.515. The molecule has 9 heteroatoms. The maximum absolute atomic E-state index is 12.4. The lowest BCUT2D eigenvalue weighted by atomic mass is 10.2. The van der Waals surface area contributed by atoms with Crippen molar-refractivity contribution in [2.75, 3.05) is 24.7 Å². The Kier molecular flexibility index (Phi) is 5.70. The lowest BCUT2D eigenvalue weighted by Gasteiger charge is -2.25. The first-order valence-electron chi connectivity index (χ1n) is 8.87. The predicted molar refractivity (Wildman–Crippen MR) is 114 cm³/mol. The standard InChI is InChI=1S/C20H19N3O4S2/c1-27-16-8-12(6-7-15(16)24)20-23(19(26)11-28-20)21-10-13-9-18(25)22-14-4-2-3-5-17(14)29-13/h2-9,20-21,24H,10-11H2,1H3,(H,22,25). The molecular formula is C20H19N3O4S2. The van der Waals surface area contributed by atoms with E-state index in [1.54, 1.807) is 29.3 Å². The van der Waals surface area contributed by atoms with Crippen molar-refractivity contribution in [2.24, 2.45) is 0 Å². The number of para-hydroxylation sites is 1. The number of nitrogens with zero attached hydrogens (tertiary/aromatic N) is 1. The minimum atomic E-state index is -0.255. The summed E-state index contributed by atoms with van der Waals surface area (Å²) in [7, 11) is 1.49. The second-order valence-corrected chi connectivity index (χ2v) is 8.63. The molecule has 0 aromatic heterocycles. The Morgan fingerprint density at radius 2 is 2.10 bits per heavy atom. The van der Waals surface area contributed by atoms with E-state index in [1.165, 1.54) is 30.6 Å². The van der Waals surface area contributed by atoms with Gasteiger partial charge in [0.25, 0.3) is 0 Å². The molecule has 2 aliphatic heterocycles. The Bertz CT molecular complexity index is 995. The van der Waals surface area contributed by atoms with E-state index in [0.717, 1.165) is 21.1 Å². The molecule has 1 saturated heterocycles. The van der Waals surface area contributed by atoms with Crippen LogP contribution in [0, 0.1) is 0 Å². The Morgan fingerprint density at radius 3 is 2.93 bits per heavy atom. The summed E-state index contributed by atoms with van der Waals surface area (Å²) in [6, 6.07) is 12.7. The number of carbonyl (C=O) groups is 2. The van der Waals surface area contributed by atoms with Gasteiger partial charge in [0.2, 0.25) is 11.8 Å². The van der Waals surface area contributed by atoms with Crippen molar-refractivity contribution in [2.45, 2.75) is 10.3 Å². The van der Waals surface area contributed by atoms with Crippen molar-refractivity contribution < 1.29 is 19.4 Å². The Hall–Kier alpha value is -2.62. The molecule has 29 heavy (non-hydrogen) atoms. The van der Waals surface area contributed by atoms with Gasteiger partial charge in [-0.15, -0.1) is 11.8 Å². The summed E-state index contributed by atoms with van der Waals surface area (Å²) >= 11 is 2.98. The number of aromatic hydroxyl groups is 1. The number of thioether (sulfide) groups is 2. The van der Waals surface area contributed by atoms with Gasteiger partial charge >= 0.3 is 0 Å². The quantitative estimate of drug-likeness (QED) is 0.673. The number of methoxy groups -OCH3 is 1. The van der Waals surface area contributed by atoms with Gasteiger partial charge in [0.1, 0.15) is 5.37 Å². The number of carbonyl (C=O) groups excluding carboxylic acids is 2. The molecule has 0 bridgehead atoms. The van der Waals surface area contributed by atoms with Crippen molar-refractivity contribution in [3.05, 3.63) is 59.0 Å². The van der Waals surface area contributed by atoms with Gasteiger partial charge in [-0.3, -0.25) is 14.6 Å². The van der Waals surface area contributed by atoms with E-state index < -0.39 is 0 Å². The zero-order valence-corrected chi connectivity index (χ0v) is 17.2. The van der Waals surface area contributed by atoms with Crippen LogP contribution in [-0.2, 0) is 9.59 Å². The number of nitrogens with one attached hydrogen (secondary N) is 2. The fourth-order valence-electron chi connectivity index (χ4n) is 3.08. The molecule has 2 aromatic rings. The molecule has 0 aliphatic carbocycles. The average Bonchev–Trinajstić information content (AvgIpc) is 2.99. The second kappa shape index (κ2) is 8.40. The van der Waals surface area contributed by atoms with Gasteiger partial charge in [0, 0.05) is 22.4 Å². The maximum Gasteiger partial charge on any atom is 0.249 e. The molecule has 0 radical (unpaired) electrons. The number of anilines is 1. The van der Waals surface area contributed by atoms with Crippen LogP contribution in [0.4, 0.5) is 5.69 Å². The van der Waals surface area contributed by atoms with Crippen LogP contribution in [-0.4, -0.2) is 41.3 Å². The van der Waals surface area contributed by atoms with Crippen molar-refractivity contribution in [1.29, 1.82) is 0 Å². The van der Waals surface area contributed by atoms with E-state index in [0.29, 0.717) is 18.0 Å². The molecular weight excluding hydrogens is 410 g/mol. The number of amides is 2. The minimum absolute atomic E-state index is 0.0453. The normalized spacial score (nSPS) is 18.7. The summed E-state index contributed by atoms with van der Waals surface area (Å²) in [5, 5.41) is 14.0. The molecule has 4 rings (SSSR count). The molecule has 2 heterocycles. The number of fused-ring (bicyclic) bond motifs is 1. The molecule has 1 unspecified atom stereocenters. The number of hydrogen-bond acceptors (Lipinski definition) is 7. The first-order chi connectivity index (χ1) is 14.0. The SMILES string of the molecule is COc1cc(C2SCC(=O)N2NCC2=CC(=O)Nc3ccccc3S2)ccc1O. The Balaban J connectivity index is 1.51. The maximum atomic E-state index is 12.4. The number of ether oxygens (including phenoxy) is 1. The lowest BCUT2D eigenvalue weighted by molar-refractivity contribution is -0.131. The third-order valence-corrected chi connectivity index (χ3v) is 6.77. The monoisotopic (exact) mass is 429 g/mol. The van der Waals surface area contributed by atoms with E-state index in [9.17, 15) is 14.7 Å². The van der Waals surface area contributed by atoms with E-state index in [1.807, 2.05) is 24.3 Å². The summed E-state index contributed by atoms with van der Waals surface area (Å²) in [5.41, 5.74) is 4.79. The first kappa shape index (κ1) is 19.7. The molecule has 2 aliphatic rings. The Morgan fingerprint density at radius 1 is 1.28 bits per heavy atom. The Labute approximate surface area is 176 Å². The highest BCUT2D eigenvalue weighted by atomic mass is 32.2. The predicted octanol–water partition coefficient (Wildman–Crippen LogP) is 3.11. The summed E-state index contributed by atoms with van der Waals surface area (Å²) in [6.07, 6.45) is 1.55. The molecule has 1 atom stereocenters. The fourth-order valence-corrected chi connectivity index (χ4v) is 5.16. The number of phenolic OH excluding ortho intramolecular Hbond substituents is 1. The number of hydrazine groups is 1. The number of benzene rings is 2. The smallest absolute Gasteiger partial charge is 0.249 e. The molecule has 0 saturated carbocycles. The molecule has 7 nitrogen and oxygen atoms in total. The van der Waals surface area contributed by atoms with E-state index in [2.05, 4.69) is 10.7 Å². The third kappa shape index (κ3) is 4.21. The molecule has 2 amide bonds. The van der Waals surface area contributed by atoms with Crippen molar-refractivity contribution >= 4 is 41.0 Å². The van der Waals surface area contributed by atoms with E-state index in [4.69, 9.17) is 4.74 Å². The van der Waals surface area contributed by atoms with Crippen molar-refractivity contribution in [3.8, 4) is 11.5 Å². The van der Waals surface area contributed by atoms with Crippen LogP contribution in [0.15, 0.2) is 58.3 Å². The summed E-state index contributed by atoms with van der Waals surface area (Å²) in [6.45, 7) is 0.338. The molecule has 2 aromatic carbocycles. The number of rotatable bonds is 5. The minimum Gasteiger partial charge on any atom is -0.504 e. The number of phenols is 1. The molecule has 150 valence electrons. The summed E-state index contributed by atoms with van der Waals surface area (Å²) in [4.78, 5) is 26.4. The first-order valence-corrected chi connectivity index (χ1v) is 10.7. The van der Waals surface area contributed by atoms with E-state index in [-0.39, 0.29) is 22.9 Å². The van der Waals surface area contributed by atoms with Gasteiger partial charge in [-0.05, 0) is 29.8 Å². The highest BCUT2D eigenvalue weighted by Gasteiger charge is 2.33. The van der Waals surface area contributed by atoms with Crippen LogP contribution >= 0.6 is 23.5 Å². The van der Waals surface area contributed by atoms with Crippen LogP contribution in [0.5, 0.6) is 11.5 Å². The highest BCUT2D eigenvalue weighted by Crippen LogP contribution is 2.41. The van der Waals surface area contributed by atoms with Gasteiger partial charge in [-0.1, -0.05) is 30.0 Å². The van der Waals surface area contributed by atoms with Gasteiger partial charge in [-0.25, -0.2) is 5.43 Å². The fraction of sp³-hybridized carbons (Fsp3) is 0.200.